The molecule has 100 valence electrons. The van der Waals surface area contributed by atoms with Crippen molar-refractivity contribution in [2.75, 3.05) is 18.1 Å². The molecule has 0 saturated carbocycles. The molecule has 2 aromatic heterocycles. The van der Waals surface area contributed by atoms with Gasteiger partial charge in [0.15, 0.2) is 5.16 Å². The lowest BCUT2D eigenvalue weighted by molar-refractivity contribution is 0.454. The third kappa shape index (κ3) is 3.97. The summed E-state index contributed by atoms with van der Waals surface area (Å²) in [4.78, 5) is 12.6. The van der Waals surface area contributed by atoms with Gasteiger partial charge in [0.1, 0.15) is 11.6 Å². The molecule has 0 aromatic carbocycles. The molecule has 2 heterocycles. The van der Waals surface area contributed by atoms with Gasteiger partial charge in [0, 0.05) is 24.9 Å². The Morgan fingerprint density at radius 2 is 2.16 bits per heavy atom. The Morgan fingerprint density at radius 3 is 2.84 bits per heavy atom. The van der Waals surface area contributed by atoms with Gasteiger partial charge in [-0.25, -0.2) is 4.98 Å². The minimum absolute atomic E-state index is 0.458. The zero-order valence-electron chi connectivity index (χ0n) is 10.6. The second-order valence-electron chi connectivity index (χ2n) is 3.55. The van der Waals surface area contributed by atoms with Crippen molar-refractivity contribution < 1.29 is 4.74 Å². The fourth-order valence-electron chi connectivity index (χ4n) is 1.39. The Morgan fingerprint density at radius 1 is 1.32 bits per heavy atom. The molecule has 0 atom stereocenters. The number of nitrogens with zero attached hydrogens (tertiary/aromatic N) is 3. The number of pyridine rings is 1. The van der Waals surface area contributed by atoms with Gasteiger partial charge in [0.2, 0.25) is 5.88 Å². The van der Waals surface area contributed by atoms with Gasteiger partial charge in [-0.2, -0.15) is 4.98 Å². The van der Waals surface area contributed by atoms with Crippen LogP contribution in [0.1, 0.15) is 6.92 Å². The van der Waals surface area contributed by atoms with E-state index >= 15 is 0 Å². The topological polar surface area (TPSA) is 59.9 Å². The highest BCUT2D eigenvalue weighted by molar-refractivity contribution is 7.98. The van der Waals surface area contributed by atoms with E-state index in [1.54, 1.807) is 24.5 Å². The smallest absolute Gasteiger partial charge is 0.225 e. The molecule has 0 aliphatic carbocycles. The van der Waals surface area contributed by atoms with E-state index in [1.807, 2.05) is 13.2 Å². The van der Waals surface area contributed by atoms with E-state index in [4.69, 9.17) is 16.3 Å². The van der Waals surface area contributed by atoms with Crippen molar-refractivity contribution in [3.63, 3.8) is 0 Å². The third-order valence-electron chi connectivity index (χ3n) is 2.12. The van der Waals surface area contributed by atoms with Gasteiger partial charge < -0.3 is 10.1 Å². The molecular weight excluding hydrogens is 284 g/mol. The highest BCUT2D eigenvalue weighted by atomic mass is 35.5. The van der Waals surface area contributed by atoms with Crippen molar-refractivity contribution >= 4 is 29.2 Å². The van der Waals surface area contributed by atoms with Crippen LogP contribution in [0.2, 0.25) is 5.02 Å². The number of rotatable bonds is 5. The van der Waals surface area contributed by atoms with Crippen molar-refractivity contribution in [1.29, 1.82) is 0 Å². The minimum atomic E-state index is 0.458. The molecule has 2 aromatic rings. The molecule has 0 radical (unpaired) electrons. The van der Waals surface area contributed by atoms with Crippen LogP contribution in [0.3, 0.4) is 0 Å². The first-order valence-electron chi connectivity index (χ1n) is 5.66. The van der Waals surface area contributed by atoms with Crippen LogP contribution in [-0.4, -0.2) is 27.8 Å². The van der Waals surface area contributed by atoms with Gasteiger partial charge in [0.25, 0.3) is 0 Å². The Balaban J connectivity index is 2.26. The Bertz CT molecular complexity index is 567. The largest absolute Gasteiger partial charge is 0.437 e. The van der Waals surface area contributed by atoms with Crippen LogP contribution < -0.4 is 10.1 Å². The minimum Gasteiger partial charge on any atom is -0.437 e. The van der Waals surface area contributed by atoms with Crippen molar-refractivity contribution in [3.05, 3.63) is 29.5 Å². The Hall–Kier alpha value is -1.53. The second-order valence-corrected chi connectivity index (χ2v) is 4.76. The molecule has 5 nitrogen and oxygen atoms in total. The molecular formula is C12H13ClN4OS. The lowest BCUT2D eigenvalue weighted by Crippen LogP contribution is -2.02. The predicted molar refractivity (Wildman–Crippen MR) is 77.3 cm³/mol. The van der Waals surface area contributed by atoms with Crippen LogP contribution >= 0.6 is 23.4 Å². The molecule has 0 saturated heterocycles. The van der Waals surface area contributed by atoms with Gasteiger partial charge in [-0.05, 0) is 13.2 Å². The summed E-state index contributed by atoms with van der Waals surface area (Å²) in [6.07, 6.45) is 5.04. The Kier molecular flexibility index (Phi) is 4.81. The van der Waals surface area contributed by atoms with E-state index in [0.29, 0.717) is 21.8 Å². The number of hydrogen-bond donors (Lipinski definition) is 1. The van der Waals surface area contributed by atoms with Crippen LogP contribution in [-0.2, 0) is 0 Å². The van der Waals surface area contributed by atoms with Crippen LogP contribution in [0.5, 0.6) is 11.6 Å². The summed E-state index contributed by atoms with van der Waals surface area (Å²) in [7, 11) is 0. The molecule has 1 N–H and O–H groups in total. The normalized spacial score (nSPS) is 10.3. The first-order chi connectivity index (χ1) is 9.21. The summed E-state index contributed by atoms with van der Waals surface area (Å²) in [5.74, 6) is 1.73. The average molecular weight is 297 g/mol. The zero-order chi connectivity index (χ0) is 13.7. The Labute approximate surface area is 120 Å². The van der Waals surface area contributed by atoms with E-state index in [0.717, 1.165) is 12.4 Å². The maximum absolute atomic E-state index is 5.86. The van der Waals surface area contributed by atoms with Crippen molar-refractivity contribution in [2.24, 2.45) is 0 Å². The fourth-order valence-corrected chi connectivity index (χ4v) is 1.92. The summed E-state index contributed by atoms with van der Waals surface area (Å²) in [5, 5.41) is 4.29. The summed E-state index contributed by atoms with van der Waals surface area (Å²) < 4.78 is 5.64. The van der Waals surface area contributed by atoms with Gasteiger partial charge in [-0.1, -0.05) is 23.4 Å². The number of thioether (sulfide) groups is 1. The summed E-state index contributed by atoms with van der Waals surface area (Å²) in [6, 6.07) is 3.42. The average Bonchev–Trinajstić information content (AvgIpc) is 2.39. The van der Waals surface area contributed by atoms with Gasteiger partial charge in [-0.15, -0.1) is 0 Å². The predicted octanol–water partition coefficient (Wildman–Crippen LogP) is 3.47. The fraction of sp³-hybridized carbons (Fsp3) is 0.250. The van der Waals surface area contributed by atoms with E-state index in [-0.39, 0.29) is 0 Å². The lowest BCUT2D eigenvalue weighted by atomic mass is 10.4. The highest BCUT2D eigenvalue weighted by Crippen LogP contribution is 2.25. The van der Waals surface area contributed by atoms with Crippen molar-refractivity contribution in [3.8, 4) is 11.6 Å². The van der Waals surface area contributed by atoms with Gasteiger partial charge in [-0.3, -0.25) is 4.98 Å². The molecule has 0 unspecified atom stereocenters. The number of halogens is 1. The molecule has 0 spiro atoms. The molecule has 2 rings (SSSR count). The maximum Gasteiger partial charge on any atom is 0.225 e. The van der Waals surface area contributed by atoms with Crippen molar-refractivity contribution in [2.45, 2.75) is 12.1 Å². The van der Waals surface area contributed by atoms with E-state index in [2.05, 4.69) is 20.3 Å². The summed E-state index contributed by atoms with van der Waals surface area (Å²) in [5.41, 5.74) is 0. The molecule has 19 heavy (non-hydrogen) atoms. The number of aromatic nitrogens is 3. The molecule has 7 heteroatoms. The van der Waals surface area contributed by atoms with Crippen LogP contribution in [0, 0.1) is 0 Å². The SMILES string of the molecule is CCNc1cc(Oc2cncc(Cl)c2)nc(SC)n1. The molecule has 0 fully saturated rings. The first kappa shape index (κ1) is 13.9. The standard InChI is InChI=1S/C12H13ClN4OS/c1-3-15-10-5-11(17-12(16-10)19-2)18-9-4-8(13)6-14-7-9/h4-7H,3H2,1-2H3,(H,15,16,17). The van der Waals surface area contributed by atoms with E-state index in [1.165, 1.54) is 11.8 Å². The number of anilines is 1. The summed E-state index contributed by atoms with van der Waals surface area (Å²) >= 11 is 7.31. The second kappa shape index (κ2) is 6.58. The lowest BCUT2D eigenvalue weighted by Gasteiger charge is -2.08. The quantitative estimate of drug-likeness (QED) is 0.673. The highest BCUT2D eigenvalue weighted by Gasteiger charge is 2.06. The van der Waals surface area contributed by atoms with E-state index < -0.39 is 0 Å². The first-order valence-corrected chi connectivity index (χ1v) is 7.27. The summed E-state index contributed by atoms with van der Waals surface area (Å²) in [6.45, 7) is 2.78. The number of ether oxygens (including phenoxy) is 1. The van der Waals surface area contributed by atoms with Gasteiger partial charge in [0.05, 0.1) is 11.2 Å². The van der Waals surface area contributed by atoms with Crippen LogP contribution in [0.4, 0.5) is 5.82 Å². The van der Waals surface area contributed by atoms with Crippen LogP contribution in [0.15, 0.2) is 29.7 Å². The zero-order valence-corrected chi connectivity index (χ0v) is 12.1. The van der Waals surface area contributed by atoms with E-state index in [9.17, 15) is 0 Å². The monoisotopic (exact) mass is 296 g/mol. The molecule has 0 amide bonds. The maximum atomic E-state index is 5.86. The molecule has 0 aliphatic heterocycles. The third-order valence-corrected chi connectivity index (χ3v) is 2.88. The van der Waals surface area contributed by atoms with Crippen LogP contribution in [0.25, 0.3) is 0 Å². The molecule has 0 bridgehead atoms. The van der Waals surface area contributed by atoms with Crippen molar-refractivity contribution in [1.82, 2.24) is 15.0 Å². The number of nitrogens with one attached hydrogen (secondary N) is 1. The molecule has 0 aliphatic rings. The van der Waals surface area contributed by atoms with Gasteiger partial charge >= 0.3 is 0 Å². The number of hydrogen-bond acceptors (Lipinski definition) is 6.